The SMILES string of the molecule is C.C.C.C1CCOC1.COc1cccc2c(C#N)nccc12.COc1cccc2c(C(=O)O)nccc12.COc1cccc2c(C(=O)O)nccc12.COc1cccc2c[n+]([O-])ccc12.COc1cccc2cnccc12.COc1cccc2cnccc12.C[Si](C)(C)C#N.N=N/N=N/N.Oc1cccc2cnccc12.[Na+].[OH-]. The smallest absolute Gasteiger partial charge is 0.870 e. The van der Waals surface area contributed by atoms with Crippen molar-refractivity contribution in [1.29, 1.82) is 16.1 Å². The predicted octanol–water partition coefficient (Wildman–Crippen LogP) is 15.1. The number of aromatic carboxylic acids is 2. The summed E-state index contributed by atoms with van der Waals surface area (Å²) in [7, 11) is 8.36. The van der Waals surface area contributed by atoms with Gasteiger partial charge in [0.1, 0.15) is 52.0 Å². The molecule has 1 fully saturated rings. The Morgan fingerprint density at radius 3 is 1.16 bits per heavy atom. The summed E-state index contributed by atoms with van der Waals surface area (Å²) < 4.78 is 36.8. The maximum Gasteiger partial charge on any atom is 1.00 e. The van der Waals surface area contributed by atoms with E-state index in [-0.39, 0.29) is 68.7 Å². The number of phenols is 1. The minimum absolute atomic E-state index is 0. The summed E-state index contributed by atoms with van der Waals surface area (Å²) in [5.74, 6) is 7.28. The van der Waals surface area contributed by atoms with E-state index in [0.717, 1.165) is 106 Å². The molecule has 1 aliphatic heterocycles. The Morgan fingerprint density at radius 1 is 0.496 bits per heavy atom. The van der Waals surface area contributed by atoms with Gasteiger partial charge in [-0.15, -0.1) is 0 Å². The van der Waals surface area contributed by atoms with Crippen LogP contribution in [0.3, 0.4) is 0 Å². The molecule has 7 aromatic carbocycles. The molecule has 8 heterocycles. The fourth-order valence-corrected chi connectivity index (χ4v) is 10.0. The quantitative estimate of drug-likeness (QED) is 0.0224. The third kappa shape index (κ3) is 29.7. The van der Waals surface area contributed by atoms with E-state index in [2.05, 4.69) is 63.2 Å². The van der Waals surface area contributed by atoms with E-state index in [1.807, 2.05) is 129 Å². The number of nitrogens with one attached hydrogen (secondary N) is 1. The molecule has 584 valence electrons. The van der Waals surface area contributed by atoms with Crippen molar-refractivity contribution in [2.45, 2.75) is 54.8 Å². The van der Waals surface area contributed by atoms with Gasteiger partial charge in [-0.1, -0.05) is 126 Å². The number of nitriles is 2. The Labute approximate surface area is 679 Å². The summed E-state index contributed by atoms with van der Waals surface area (Å²) in [5.41, 5.74) is 8.66. The van der Waals surface area contributed by atoms with Gasteiger partial charge in [-0.3, -0.25) is 15.0 Å². The first kappa shape index (κ1) is 97.9. The third-order valence-electron chi connectivity index (χ3n) is 15.1. The Morgan fingerprint density at radius 2 is 0.823 bits per heavy atom. The summed E-state index contributed by atoms with van der Waals surface area (Å²) in [5, 5.41) is 75.5. The van der Waals surface area contributed by atoms with Gasteiger partial charge in [-0.2, -0.15) is 15.5 Å². The minimum Gasteiger partial charge on any atom is -0.870 e. The molecular formula is C83H93N14NaO14Si. The second kappa shape index (κ2) is 52.1. The Kier molecular flexibility index (Phi) is 45.1. The van der Waals surface area contributed by atoms with Crippen molar-refractivity contribution < 1.29 is 97.8 Å². The number of methoxy groups -OCH3 is 6. The van der Waals surface area contributed by atoms with Gasteiger partial charge in [0.25, 0.3) is 0 Å². The number of rotatable bonds is 9. The number of hydrogen-bond acceptors (Lipinski definition) is 22. The van der Waals surface area contributed by atoms with Gasteiger partial charge < -0.3 is 65.0 Å². The number of phenolic OH excluding ortho intramolecular Hbond substituents is 1. The molecular weight excluding hydrogens is 1470 g/mol. The molecule has 28 nitrogen and oxygen atoms in total. The minimum atomic E-state index is -1.33. The summed E-state index contributed by atoms with van der Waals surface area (Å²) in [4.78, 5) is 45.5. The summed E-state index contributed by atoms with van der Waals surface area (Å²) in [6.45, 7) is 8.06. The number of carbonyl (C=O) groups is 2. The molecule has 30 heteroatoms. The van der Waals surface area contributed by atoms with Crippen LogP contribution >= 0.6 is 0 Å². The van der Waals surface area contributed by atoms with Crippen molar-refractivity contribution in [1.82, 2.24) is 29.9 Å². The maximum atomic E-state index is 11.0. The molecule has 7 N–H and O–H groups in total. The molecule has 0 aliphatic carbocycles. The number of carboxylic acids is 2. The first-order valence-corrected chi connectivity index (χ1v) is 36.3. The van der Waals surface area contributed by atoms with Gasteiger partial charge in [0.15, 0.2) is 31.9 Å². The Hall–Kier alpha value is -13.1. The molecule has 0 spiro atoms. The largest absolute Gasteiger partial charge is 1.00 e. The van der Waals surface area contributed by atoms with Crippen molar-refractivity contribution >= 4 is 95.4 Å². The zero-order valence-corrected chi connectivity index (χ0v) is 65.2. The maximum absolute atomic E-state index is 11.0. The molecule has 0 amide bonds. The molecule has 0 radical (unpaired) electrons. The molecule has 0 bridgehead atoms. The van der Waals surface area contributed by atoms with E-state index in [1.165, 1.54) is 37.6 Å². The van der Waals surface area contributed by atoms with Crippen LogP contribution in [0.25, 0.3) is 75.4 Å². The summed E-state index contributed by atoms with van der Waals surface area (Å²) in [6, 6.07) is 53.8. The second-order valence-corrected chi connectivity index (χ2v) is 27.8. The number of benzene rings is 7. The van der Waals surface area contributed by atoms with E-state index < -0.39 is 20.0 Å². The first-order valence-electron chi connectivity index (χ1n) is 32.8. The standard InChI is InChI=1S/C11H8N2O.2C11H9NO3.C10H9NO2.2C10H9NO.C9H7NO.C4H9NSi.C4H8O.3CH4.H3N5.Na.H2O/c1-14-11-4-2-3-8-9(11)5-6-13-10(8)7-12;2*1-15-9-4-2-3-8-7(9)5-6-12-10(8)11(13)14;1-13-10-4-2-3-8-7-11(12)6-5-9(8)10;2*1-12-10-4-2-3-8-7-11-6-5-9(8)10;11-9-3-1-2-7-6-10-5-4-8(7)9;1-6(2,3)4-5;1-2-4-5-3-1;;;;1-3-5-4-2;;/h2-6H,1H3;2*2-6H,1H3,(H,13,14);2-7H,1H3;2*2-7H,1H3;1-6,11H;1-3H3;1-4H2;3*1H4;(H3,1,2,5);;1H2/q;;;;;;;;;;;;;+1;/p-1. The number of fused-ring (bicyclic) bond motifs is 7. The van der Waals surface area contributed by atoms with Crippen LogP contribution in [0.5, 0.6) is 40.2 Å². The molecule has 7 aromatic heterocycles. The van der Waals surface area contributed by atoms with Crippen LogP contribution in [0.2, 0.25) is 19.6 Å². The number of ether oxygens (including phenoxy) is 7. The molecule has 1 saturated heterocycles. The normalized spacial score (nSPS) is 10.2. The van der Waals surface area contributed by atoms with Crippen molar-refractivity contribution in [3.05, 3.63) is 260 Å². The van der Waals surface area contributed by atoms with E-state index in [1.54, 1.807) is 146 Å². The van der Waals surface area contributed by atoms with E-state index in [0.29, 0.717) is 33.7 Å². The summed E-state index contributed by atoms with van der Waals surface area (Å²) in [6.07, 6.45) is 20.7. The van der Waals surface area contributed by atoms with Crippen molar-refractivity contribution in [3.8, 4) is 52.0 Å². The van der Waals surface area contributed by atoms with Gasteiger partial charge in [-0.25, -0.2) is 29.8 Å². The van der Waals surface area contributed by atoms with Gasteiger partial charge in [0.05, 0.1) is 48.0 Å². The van der Waals surface area contributed by atoms with Crippen LogP contribution in [-0.2, 0) is 4.74 Å². The second-order valence-electron chi connectivity index (χ2n) is 23.1. The fraction of sp³-hybridized carbons (Fsp3) is 0.193. The predicted molar refractivity (Wildman–Crippen MR) is 438 cm³/mol. The molecule has 0 atom stereocenters. The van der Waals surface area contributed by atoms with Crippen LogP contribution in [0.1, 0.15) is 61.8 Å². The monoisotopic (exact) mass is 1560 g/mol. The number of aromatic nitrogens is 7. The third-order valence-corrected chi connectivity index (χ3v) is 15.8. The Bertz CT molecular complexity index is 5200. The van der Waals surface area contributed by atoms with E-state index >= 15 is 0 Å². The Balaban J connectivity index is 0.000000635. The number of hydrogen-bond donors (Lipinski definition) is 5. The van der Waals surface area contributed by atoms with Crippen molar-refractivity contribution in [2.75, 3.05) is 55.9 Å². The van der Waals surface area contributed by atoms with Crippen LogP contribution in [0, 0.1) is 33.0 Å². The van der Waals surface area contributed by atoms with Crippen LogP contribution in [0.15, 0.2) is 254 Å². The average Bonchev–Trinajstić information content (AvgIpc) is 1.70. The zero-order chi connectivity index (χ0) is 78.2. The molecule has 113 heavy (non-hydrogen) atoms. The van der Waals surface area contributed by atoms with Crippen molar-refractivity contribution in [3.63, 3.8) is 0 Å². The number of nitrogens with two attached hydrogens (primary N) is 1. The van der Waals surface area contributed by atoms with Gasteiger partial charge in [0.2, 0.25) is 0 Å². The molecule has 1 aliphatic rings. The number of pyridine rings is 7. The molecule has 0 unspecified atom stereocenters. The number of carboxylic acid groups (broad SMARTS) is 2. The van der Waals surface area contributed by atoms with Gasteiger partial charge in [-0.05, 0) is 108 Å². The number of aromatic hydroxyl groups is 1. The molecule has 0 saturated carbocycles. The van der Waals surface area contributed by atoms with Crippen LogP contribution in [0.4, 0.5) is 0 Å². The number of nitrogens with zero attached hydrogens (tertiary/aromatic N) is 12. The zero-order valence-electron chi connectivity index (χ0n) is 62.2. The van der Waals surface area contributed by atoms with Crippen LogP contribution < -0.4 is 68.6 Å². The van der Waals surface area contributed by atoms with Crippen molar-refractivity contribution in [2.24, 2.45) is 21.5 Å². The molecule has 14 aromatic rings. The van der Waals surface area contributed by atoms with Crippen LogP contribution in [-0.4, -0.2) is 127 Å². The summed E-state index contributed by atoms with van der Waals surface area (Å²) >= 11 is 0. The fourth-order valence-electron chi connectivity index (χ4n) is 10.0. The topological polar surface area (TPSA) is 428 Å². The van der Waals surface area contributed by atoms with Gasteiger partial charge >= 0.3 is 41.5 Å². The molecule has 15 rings (SSSR count). The average molecular weight is 1560 g/mol. The van der Waals surface area contributed by atoms with E-state index in [9.17, 15) is 19.9 Å². The van der Waals surface area contributed by atoms with E-state index in [4.69, 9.17) is 59.4 Å². The van der Waals surface area contributed by atoms with Gasteiger partial charge in [0, 0.05) is 151 Å². The first-order chi connectivity index (χ1) is 52.3.